The normalized spacial score (nSPS) is 16.1. The summed E-state index contributed by atoms with van der Waals surface area (Å²) >= 11 is 1.63. The number of aromatic nitrogens is 1. The molecule has 3 rings (SSSR count). The fraction of sp³-hybridized carbons (Fsp3) is 0.579. The number of nitrogens with one attached hydrogen (secondary N) is 2. The largest absolute Gasteiger partial charge is 0.443 e. The Morgan fingerprint density at radius 2 is 2.19 bits per heavy atom. The minimum absolute atomic E-state index is 0. The van der Waals surface area contributed by atoms with Crippen LogP contribution in [0.3, 0.4) is 0 Å². The molecule has 2 aromatic rings. The Bertz CT molecular complexity index is 680. The van der Waals surface area contributed by atoms with Crippen LogP contribution in [0.4, 0.5) is 0 Å². The highest BCUT2D eigenvalue weighted by Crippen LogP contribution is 2.23. The highest BCUT2D eigenvalue weighted by Gasteiger charge is 2.14. The van der Waals surface area contributed by atoms with Crippen molar-refractivity contribution in [2.75, 3.05) is 33.2 Å². The third-order valence-corrected chi connectivity index (χ3v) is 5.62. The van der Waals surface area contributed by atoms with Crippen molar-refractivity contribution in [2.24, 2.45) is 10.9 Å². The van der Waals surface area contributed by atoms with Gasteiger partial charge in [0, 0.05) is 13.6 Å². The van der Waals surface area contributed by atoms with Gasteiger partial charge in [-0.05, 0) is 56.3 Å². The molecule has 3 heterocycles. The number of hydrogen-bond donors (Lipinski definition) is 2. The molecule has 1 fully saturated rings. The van der Waals surface area contributed by atoms with Crippen molar-refractivity contribution in [3.05, 3.63) is 29.5 Å². The second kappa shape index (κ2) is 11.7. The summed E-state index contributed by atoms with van der Waals surface area (Å²) < 4.78 is 5.54. The smallest absolute Gasteiger partial charge is 0.236 e. The van der Waals surface area contributed by atoms with Gasteiger partial charge in [-0.25, -0.2) is 4.98 Å². The molecule has 6 nitrogen and oxygen atoms in total. The van der Waals surface area contributed by atoms with Crippen LogP contribution in [-0.2, 0) is 6.54 Å². The SMILES string of the molecule is CN=C(NCCCN1CCC(C)CC1)NCc1coc(-c2cccs2)n1.I. The summed E-state index contributed by atoms with van der Waals surface area (Å²) in [6.07, 6.45) is 5.50. The number of likely N-dealkylation sites (tertiary alicyclic amines) is 1. The van der Waals surface area contributed by atoms with Gasteiger partial charge in [0.25, 0.3) is 0 Å². The Labute approximate surface area is 182 Å². The fourth-order valence-corrected chi connectivity index (χ4v) is 3.75. The zero-order valence-electron chi connectivity index (χ0n) is 16.1. The van der Waals surface area contributed by atoms with Gasteiger partial charge in [-0.1, -0.05) is 13.0 Å². The van der Waals surface area contributed by atoms with E-state index in [1.165, 1.54) is 25.9 Å². The molecule has 0 aliphatic carbocycles. The minimum Gasteiger partial charge on any atom is -0.443 e. The monoisotopic (exact) mass is 503 g/mol. The van der Waals surface area contributed by atoms with E-state index < -0.39 is 0 Å². The molecule has 1 saturated heterocycles. The maximum absolute atomic E-state index is 5.54. The summed E-state index contributed by atoms with van der Waals surface area (Å²) in [6, 6.07) is 4.01. The average molecular weight is 503 g/mol. The van der Waals surface area contributed by atoms with E-state index >= 15 is 0 Å². The molecule has 0 radical (unpaired) electrons. The van der Waals surface area contributed by atoms with E-state index in [0.29, 0.717) is 12.4 Å². The molecule has 0 bridgehead atoms. The van der Waals surface area contributed by atoms with Gasteiger partial charge < -0.3 is 20.0 Å². The molecule has 0 unspecified atom stereocenters. The molecule has 1 aliphatic rings. The number of nitrogens with zero attached hydrogens (tertiary/aromatic N) is 3. The molecule has 0 aromatic carbocycles. The van der Waals surface area contributed by atoms with Crippen LogP contribution in [0.5, 0.6) is 0 Å². The lowest BCUT2D eigenvalue weighted by Gasteiger charge is -2.30. The van der Waals surface area contributed by atoms with Crippen LogP contribution < -0.4 is 10.6 Å². The Morgan fingerprint density at radius 1 is 1.37 bits per heavy atom. The highest BCUT2D eigenvalue weighted by molar-refractivity contribution is 14.0. The number of halogens is 1. The molecule has 0 amide bonds. The molecular weight excluding hydrogens is 473 g/mol. The zero-order valence-corrected chi connectivity index (χ0v) is 19.3. The number of piperidine rings is 1. The number of guanidine groups is 1. The first-order valence-electron chi connectivity index (χ1n) is 9.39. The molecule has 150 valence electrons. The lowest BCUT2D eigenvalue weighted by molar-refractivity contribution is 0.191. The van der Waals surface area contributed by atoms with Gasteiger partial charge in [0.2, 0.25) is 5.89 Å². The first kappa shape index (κ1) is 22.2. The van der Waals surface area contributed by atoms with Crippen LogP contribution in [0.2, 0.25) is 0 Å². The Morgan fingerprint density at radius 3 is 2.89 bits per heavy atom. The van der Waals surface area contributed by atoms with Crippen LogP contribution in [0.15, 0.2) is 33.2 Å². The van der Waals surface area contributed by atoms with Gasteiger partial charge in [0.1, 0.15) is 6.26 Å². The van der Waals surface area contributed by atoms with Crippen molar-refractivity contribution >= 4 is 41.3 Å². The number of oxazole rings is 1. The van der Waals surface area contributed by atoms with Crippen LogP contribution in [0.1, 0.15) is 31.9 Å². The van der Waals surface area contributed by atoms with Gasteiger partial charge in [0.15, 0.2) is 5.96 Å². The predicted octanol–water partition coefficient (Wildman–Crippen LogP) is 3.81. The lowest BCUT2D eigenvalue weighted by atomic mass is 9.99. The molecule has 8 heteroatoms. The van der Waals surface area contributed by atoms with Gasteiger partial charge in [-0.15, -0.1) is 35.3 Å². The highest BCUT2D eigenvalue weighted by atomic mass is 127. The number of aliphatic imine (C=N–C) groups is 1. The summed E-state index contributed by atoms with van der Waals surface area (Å²) in [5.74, 6) is 2.37. The zero-order chi connectivity index (χ0) is 18.2. The Kier molecular flexibility index (Phi) is 9.57. The van der Waals surface area contributed by atoms with Crippen LogP contribution >= 0.6 is 35.3 Å². The summed E-state index contributed by atoms with van der Waals surface area (Å²) in [7, 11) is 1.79. The van der Waals surface area contributed by atoms with E-state index in [0.717, 1.165) is 42.0 Å². The molecule has 2 N–H and O–H groups in total. The average Bonchev–Trinajstić information content (AvgIpc) is 3.34. The van der Waals surface area contributed by atoms with E-state index in [4.69, 9.17) is 4.42 Å². The molecule has 27 heavy (non-hydrogen) atoms. The number of rotatable bonds is 7. The first-order valence-corrected chi connectivity index (χ1v) is 10.3. The van der Waals surface area contributed by atoms with Gasteiger partial charge in [-0.2, -0.15) is 0 Å². The molecule has 2 aromatic heterocycles. The summed E-state index contributed by atoms with van der Waals surface area (Å²) in [5.41, 5.74) is 0.874. The second-order valence-electron chi connectivity index (χ2n) is 6.85. The summed E-state index contributed by atoms with van der Waals surface area (Å²) in [5, 5.41) is 8.69. The third kappa shape index (κ3) is 7.08. The van der Waals surface area contributed by atoms with Crippen molar-refractivity contribution in [3.63, 3.8) is 0 Å². The molecule has 0 saturated carbocycles. The Hall–Kier alpha value is -1.13. The van der Waals surface area contributed by atoms with Gasteiger partial charge in [0.05, 0.1) is 17.1 Å². The topological polar surface area (TPSA) is 65.7 Å². The van der Waals surface area contributed by atoms with Crippen molar-refractivity contribution < 1.29 is 4.42 Å². The predicted molar refractivity (Wildman–Crippen MR) is 123 cm³/mol. The van der Waals surface area contributed by atoms with Crippen LogP contribution in [-0.4, -0.2) is 49.1 Å². The number of hydrogen-bond acceptors (Lipinski definition) is 5. The third-order valence-electron chi connectivity index (χ3n) is 4.76. The van der Waals surface area contributed by atoms with E-state index in [1.54, 1.807) is 24.6 Å². The maximum Gasteiger partial charge on any atom is 0.236 e. The maximum atomic E-state index is 5.54. The van der Waals surface area contributed by atoms with Gasteiger partial charge in [-0.3, -0.25) is 4.99 Å². The van der Waals surface area contributed by atoms with Crippen molar-refractivity contribution in [2.45, 2.75) is 32.7 Å². The second-order valence-corrected chi connectivity index (χ2v) is 7.80. The van der Waals surface area contributed by atoms with E-state index in [1.807, 2.05) is 17.5 Å². The van der Waals surface area contributed by atoms with E-state index in [2.05, 4.69) is 32.4 Å². The quantitative estimate of drug-likeness (QED) is 0.261. The Balaban J connectivity index is 0.00000261. The van der Waals surface area contributed by atoms with Crippen LogP contribution in [0, 0.1) is 5.92 Å². The molecule has 0 atom stereocenters. The van der Waals surface area contributed by atoms with Crippen molar-refractivity contribution in [3.8, 4) is 10.8 Å². The lowest BCUT2D eigenvalue weighted by Crippen LogP contribution is -2.39. The van der Waals surface area contributed by atoms with E-state index in [-0.39, 0.29) is 24.0 Å². The minimum atomic E-state index is 0. The molecular formula is C19H30IN5OS. The first-order chi connectivity index (χ1) is 12.7. The van der Waals surface area contributed by atoms with Gasteiger partial charge >= 0.3 is 0 Å². The fourth-order valence-electron chi connectivity index (χ4n) is 3.09. The molecule has 0 spiro atoms. The summed E-state index contributed by atoms with van der Waals surface area (Å²) in [6.45, 7) is 7.51. The van der Waals surface area contributed by atoms with Crippen LogP contribution in [0.25, 0.3) is 10.8 Å². The number of thiophene rings is 1. The molecule has 1 aliphatic heterocycles. The standard InChI is InChI=1S/C19H29N5OS.HI/c1-15-6-10-24(11-7-15)9-4-8-21-19(20-2)22-13-16-14-25-18(23-16)17-5-3-12-26-17;/h3,5,12,14-15H,4,6-11,13H2,1-2H3,(H2,20,21,22);1H. The van der Waals surface area contributed by atoms with Crippen molar-refractivity contribution in [1.82, 2.24) is 20.5 Å². The summed E-state index contributed by atoms with van der Waals surface area (Å²) in [4.78, 5) is 12.4. The van der Waals surface area contributed by atoms with E-state index in [9.17, 15) is 0 Å². The van der Waals surface area contributed by atoms with Crippen molar-refractivity contribution in [1.29, 1.82) is 0 Å².